The van der Waals surface area contributed by atoms with Crippen molar-refractivity contribution in [3.63, 3.8) is 0 Å². The highest BCUT2D eigenvalue weighted by molar-refractivity contribution is 7.13. The summed E-state index contributed by atoms with van der Waals surface area (Å²) in [5, 5.41) is 4.86. The van der Waals surface area contributed by atoms with Crippen molar-refractivity contribution in [2.75, 3.05) is 19.4 Å². The SMILES string of the molecule is COc1cccc(CCNC(=O)c2csc(N)n2)c1. The summed E-state index contributed by atoms with van der Waals surface area (Å²) in [5.74, 6) is 0.618. The van der Waals surface area contributed by atoms with Crippen molar-refractivity contribution in [2.24, 2.45) is 0 Å². The number of benzene rings is 1. The van der Waals surface area contributed by atoms with Crippen LogP contribution >= 0.6 is 11.3 Å². The van der Waals surface area contributed by atoms with Crippen LogP contribution in [0.4, 0.5) is 5.13 Å². The summed E-state index contributed by atoms with van der Waals surface area (Å²) < 4.78 is 5.14. The summed E-state index contributed by atoms with van der Waals surface area (Å²) in [6.07, 6.45) is 0.739. The third-order valence-electron chi connectivity index (χ3n) is 2.59. The molecule has 0 unspecified atom stereocenters. The number of nitrogens with zero attached hydrogens (tertiary/aromatic N) is 1. The van der Waals surface area contributed by atoms with Gasteiger partial charge in [0.1, 0.15) is 11.4 Å². The van der Waals surface area contributed by atoms with E-state index in [1.54, 1.807) is 12.5 Å². The summed E-state index contributed by atoms with van der Waals surface area (Å²) >= 11 is 1.26. The van der Waals surface area contributed by atoms with Gasteiger partial charge in [0, 0.05) is 11.9 Å². The number of anilines is 1. The first-order chi connectivity index (χ1) is 9.19. The van der Waals surface area contributed by atoms with Crippen molar-refractivity contribution in [3.8, 4) is 5.75 Å². The Hall–Kier alpha value is -2.08. The third kappa shape index (κ3) is 3.69. The molecule has 6 heteroatoms. The monoisotopic (exact) mass is 277 g/mol. The van der Waals surface area contributed by atoms with Crippen molar-refractivity contribution in [3.05, 3.63) is 40.9 Å². The number of nitrogens with two attached hydrogens (primary N) is 1. The average Bonchev–Trinajstić information content (AvgIpc) is 2.86. The maximum Gasteiger partial charge on any atom is 0.270 e. The Labute approximate surface area is 115 Å². The lowest BCUT2D eigenvalue weighted by Crippen LogP contribution is -2.26. The zero-order valence-corrected chi connectivity index (χ0v) is 11.4. The van der Waals surface area contributed by atoms with E-state index in [1.807, 2.05) is 24.3 Å². The molecule has 0 saturated heterocycles. The molecule has 0 fully saturated rings. The van der Waals surface area contributed by atoms with Crippen molar-refractivity contribution in [1.82, 2.24) is 10.3 Å². The molecule has 1 heterocycles. The van der Waals surface area contributed by atoms with Gasteiger partial charge in [0.05, 0.1) is 7.11 Å². The van der Waals surface area contributed by atoms with Crippen LogP contribution in [0.1, 0.15) is 16.1 Å². The van der Waals surface area contributed by atoms with Crippen LogP contribution in [0, 0.1) is 0 Å². The van der Waals surface area contributed by atoms with Gasteiger partial charge in [-0.3, -0.25) is 4.79 Å². The summed E-state index contributed by atoms with van der Waals surface area (Å²) in [4.78, 5) is 15.7. The molecule has 3 N–H and O–H groups in total. The second kappa shape index (κ2) is 6.19. The van der Waals surface area contributed by atoms with Gasteiger partial charge in [0.25, 0.3) is 5.91 Å². The highest BCUT2D eigenvalue weighted by atomic mass is 32.1. The Kier molecular flexibility index (Phi) is 4.35. The zero-order chi connectivity index (χ0) is 13.7. The Balaban J connectivity index is 1.84. The van der Waals surface area contributed by atoms with Gasteiger partial charge in [-0.1, -0.05) is 12.1 Å². The number of nitrogen functional groups attached to an aromatic ring is 1. The number of rotatable bonds is 5. The molecule has 0 aliphatic carbocycles. The molecule has 0 aliphatic rings. The minimum atomic E-state index is -0.198. The average molecular weight is 277 g/mol. The summed E-state index contributed by atoms with van der Waals surface area (Å²) in [6, 6.07) is 7.76. The maximum atomic E-state index is 11.7. The molecule has 0 radical (unpaired) electrons. The molecule has 1 aromatic carbocycles. The summed E-state index contributed by atoms with van der Waals surface area (Å²) in [6.45, 7) is 0.545. The van der Waals surface area contributed by atoms with Gasteiger partial charge in [0.2, 0.25) is 0 Å². The van der Waals surface area contributed by atoms with E-state index in [0.29, 0.717) is 17.4 Å². The van der Waals surface area contributed by atoms with Crippen molar-refractivity contribution in [1.29, 1.82) is 0 Å². The minimum absolute atomic E-state index is 0.198. The normalized spacial score (nSPS) is 10.2. The molecule has 0 atom stereocenters. The van der Waals surface area contributed by atoms with Gasteiger partial charge in [0.15, 0.2) is 5.13 Å². The van der Waals surface area contributed by atoms with E-state index >= 15 is 0 Å². The number of hydrogen-bond acceptors (Lipinski definition) is 5. The van der Waals surface area contributed by atoms with Crippen LogP contribution in [-0.4, -0.2) is 24.5 Å². The topological polar surface area (TPSA) is 77.2 Å². The van der Waals surface area contributed by atoms with Gasteiger partial charge in [-0.2, -0.15) is 0 Å². The largest absolute Gasteiger partial charge is 0.497 e. The predicted octanol–water partition coefficient (Wildman–Crippen LogP) is 1.71. The van der Waals surface area contributed by atoms with Gasteiger partial charge < -0.3 is 15.8 Å². The second-order valence-electron chi connectivity index (χ2n) is 3.93. The Morgan fingerprint density at radius 3 is 3.05 bits per heavy atom. The molecule has 100 valence electrons. The van der Waals surface area contributed by atoms with Gasteiger partial charge in [-0.25, -0.2) is 4.98 Å². The first-order valence-electron chi connectivity index (χ1n) is 5.81. The Morgan fingerprint density at radius 1 is 1.53 bits per heavy atom. The van der Waals surface area contributed by atoms with E-state index in [1.165, 1.54) is 11.3 Å². The fourth-order valence-corrected chi connectivity index (χ4v) is 2.17. The molecule has 0 bridgehead atoms. The molecule has 1 amide bonds. The number of carbonyl (C=O) groups is 1. The van der Waals surface area contributed by atoms with E-state index in [4.69, 9.17) is 10.5 Å². The quantitative estimate of drug-likeness (QED) is 0.872. The number of ether oxygens (including phenoxy) is 1. The molecule has 0 aliphatic heterocycles. The van der Waals surface area contributed by atoms with Crippen LogP contribution in [0.2, 0.25) is 0 Å². The van der Waals surface area contributed by atoms with Crippen molar-refractivity contribution >= 4 is 22.4 Å². The molecule has 19 heavy (non-hydrogen) atoms. The lowest BCUT2D eigenvalue weighted by molar-refractivity contribution is 0.0950. The molecule has 2 aromatic rings. The first kappa shape index (κ1) is 13.4. The van der Waals surface area contributed by atoms with E-state index < -0.39 is 0 Å². The van der Waals surface area contributed by atoms with Crippen molar-refractivity contribution in [2.45, 2.75) is 6.42 Å². The predicted molar refractivity (Wildman–Crippen MR) is 75.6 cm³/mol. The summed E-state index contributed by atoms with van der Waals surface area (Å²) in [5.41, 5.74) is 6.96. The number of amides is 1. The number of thiazole rings is 1. The smallest absolute Gasteiger partial charge is 0.270 e. The number of hydrogen-bond donors (Lipinski definition) is 2. The second-order valence-corrected chi connectivity index (χ2v) is 4.82. The minimum Gasteiger partial charge on any atom is -0.497 e. The highest BCUT2D eigenvalue weighted by Crippen LogP contribution is 2.13. The third-order valence-corrected chi connectivity index (χ3v) is 3.26. The molecule has 5 nitrogen and oxygen atoms in total. The number of nitrogens with one attached hydrogen (secondary N) is 1. The zero-order valence-electron chi connectivity index (χ0n) is 10.6. The molecule has 2 rings (SSSR count). The standard InChI is InChI=1S/C13H15N3O2S/c1-18-10-4-2-3-9(7-10)5-6-15-12(17)11-8-19-13(14)16-11/h2-4,7-8H,5-6H2,1H3,(H2,14,16)(H,15,17). The molecular formula is C13H15N3O2S. The van der Waals surface area contributed by atoms with Crippen LogP contribution in [0.5, 0.6) is 5.75 Å². The highest BCUT2D eigenvalue weighted by Gasteiger charge is 2.08. The number of aromatic nitrogens is 1. The van der Waals surface area contributed by atoms with E-state index in [9.17, 15) is 4.79 Å². The van der Waals surface area contributed by atoms with E-state index in [2.05, 4.69) is 10.3 Å². The molecule has 0 spiro atoms. The lowest BCUT2D eigenvalue weighted by atomic mass is 10.1. The van der Waals surface area contributed by atoms with Crippen LogP contribution < -0.4 is 15.8 Å². The van der Waals surface area contributed by atoms with Gasteiger partial charge in [-0.15, -0.1) is 11.3 Å². The fourth-order valence-electron chi connectivity index (χ4n) is 1.63. The van der Waals surface area contributed by atoms with Gasteiger partial charge in [-0.05, 0) is 24.1 Å². The molecule has 0 saturated carbocycles. The Morgan fingerprint density at radius 2 is 2.37 bits per heavy atom. The van der Waals surface area contributed by atoms with Crippen LogP contribution in [0.3, 0.4) is 0 Å². The number of methoxy groups -OCH3 is 1. The van der Waals surface area contributed by atoms with Crippen LogP contribution in [0.25, 0.3) is 0 Å². The van der Waals surface area contributed by atoms with Crippen LogP contribution in [-0.2, 0) is 6.42 Å². The van der Waals surface area contributed by atoms with Gasteiger partial charge >= 0.3 is 0 Å². The van der Waals surface area contributed by atoms with E-state index in [-0.39, 0.29) is 5.91 Å². The van der Waals surface area contributed by atoms with E-state index in [0.717, 1.165) is 17.7 Å². The number of carbonyl (C=O) groups excluding carboxylic acids is 1. The first-order valence-corrected chi connectivity index (χ1v) is 6.69. The summed E-state index contributed by atoms with van der Waals surface area (Å²) in [7, 11) is 1.63. The van der Waals surface area contributed by atoms with Crippen molar-refractivity contribution < 1.29 is 9.53 Å². The molecule has 1 aromatic heterocycles. The maximum absolute atomic E-state index is 11.7. The van der Waals surface area contributed by atoms with Crippen LogP contribution in [0.15, 0.2) is 29.6 Å². The Bertz CT molecular complexity index is 569. The lowest BCUT2D eigenvalue weighted by Gasteiger charge is -2.05. The fraction of sp³-hybridized carbons (Fsp3) is 0.231. The molecular weight excluding hydrogens is 262 g/mol.